The van der Waals surface area contributed by atoms with Crippen molar-refractivity contribution in [2.24, 2.45) is 5.73 Å². The van der Waals surface area contributed by atoms with Crippen molar-refractivity contribution < 1.29 is 0 Å². The fourth-order valence-corrected chi connectivity index (χ4v) is 2.29. The van der Waals surface area contributed by atoms with Crippen LogP contribution in [0.4, 0.5) is 0 Å². The molecule has 0 aromatic heterocycles. The molecular weight excluding hydrogens is 194 g/mol. The lowest BCUT2D eigenvalue weighted by Gasteiger charge is -2.20. The van der Waals surface area contributed by atoms with Crippen LogP contribution in [-0.2, 0) is 6.42 Å². The highest BCUT2D eigenvalue weighted by molar-refractivity contribution is 5.49. The van der Waals surface area contributed by atoms with Crippen molar-refractivity contribution in [1.29, 1.82) is 0 Å². The summed E-state index contributed by atoms with van der Waals surface area (Å²) in [4.78, 5) is 0. The van der Waals surface area contributed by atoms with Gasteiger partial charge >= 0.3 is 0 Å². The van der Waals surface area contributed by atoms with Gasteiger partial charge in [-0.15, -0.1) is 0 Å². The Bertz CT molecular complexity index is 362. The van der Waals surface area contributed by atoms with Crippen LogP contribution in [0.15, 0.2) is 0 Å². The number of benzene rings is 1. The van der Waals surface area contributed by atoms with Gasteiger partial charge in [0.05, 0.1) is 0 Å². The number of hydrogen-bond donors (Lipinski definition) is 1. The van der Waals surface area contributed by atoms with Gasteiger partial charge in [-0.2, -0.15) is 0 Å². The average Bonchev–Trinajstić information content (AvgIpc) is 2.29. The van der Waals surface area contributed by atoms with Crippen molar-refractivity contribution in [3.63, 3.8) is 0 Å². The molecule has 0 aliphatic rings. The second kappa shape index (κ2) is 5.01. The zero-order chi connectivity index (χ0) is 12.5. The van der Waals surface area contributed by atoms with E-state index in [9.17, 15) is 0 Å². The van der Waals surface area contributed by atoms with Crippen LogP contribution in [0.2, 0.25) is 0 Å². The first kappa shape index (κ1) is 13.2. The third-order valence-corrected chi connectivity index (χ3v) is 4.15. The molecule has 1 unspecified atom stereocenters. The molecule has 1 heteroatoms. The smallest absolute Gasteiger partial charge is 0.00769 e. The maximum absolute atomic E-state index is 6.08. The number of hydrogen-bond acceptors (Lipinski definition) is 1. The Kier molecular flexibility index (Phi) is 4.15. The van der Waals surface area contributed by atoms with Gasteiger partial charge in [0.1, 0.15) is 0 Å². The molecule has 90 valence electrons. The van der Waals surface area contributed by atoms with Crippen molar-refractivity contribution >= 4 is 0 Å². The second-order valence-electron chi connectivity index (χ2n) is 4.98. The fraction of sp³-hybridized carbons (Fsp3) is 0.600. The normalized spacial score (nSPS) is 12.9. The van der Waals surface area contributed by atoms with Crippen LogP contribution in [0.25, 0.3) is 0 Å². The molecule has 0 saturated carbocycles. The van der Waals surface area contributed by atoms with E-state index in [0.717, 1.165) is 12.8 Å². The molecular formula is C15H25N. The van der Waals surface area contributed by atoms with Gasteiger partial charge in [0.15, 0.2) is 0 Å². The van der Waals surface area contributed by atoms with Crippen molar-refractivity contribution in [3.8, 4) is 0 Å². The highest BCUT2D eigenvalue weighted by atomic mass is 14.6. The molecule has 0 aliphatic heterocycles. The quantitative estimate of drug-likeness (QED) is 0.827. The van der Waals surface area contributed by atoms with Crippen molar-refractivity contribution in [1.82, 2.24) is 0 Å². The summed E-state index contributed by atoms with van der Waals surface area (Å²) in [6.07, 6.45) is 2.06. The molecule has 16 heavy (non-hydrogen) atoms. The Morgan fingerprint density at radius 1 is 0.812 bits per heavy atom. The van der Waals surface area contributed by atoms with Gasteiger partial charge in [-0.05, 0) is 80.8 Å². The summed E-state index contributed by atoms with van der Waals surface area (Å²) in [5.41, 5.74) is 14.7. The lowest BCUT2D eigenvalue weighted by atomic mass is 9.86. The molecule has 0 bridgehead atoms. The Morgan fingerprint density at radius 3 is 1.56 bits per heavy atom. The third-order valence-electron chi connectivity index (χ3n) is 4.15. The molecule has 1 aromatic rings. The molecule has 0 spiro atoms. The predicted molar refractivity (Wildman–Crippen MR) is 72.1 cm³/mol. The molecule has 0 aliphatic carbocycles. The van der Waals surface area contributed by atoms with E-state index in [1.165, 1.54) is 33.4 Å². The summed E-state index contributed by atoms with van der Waals surface area (Å²) in [5, 5.41) is 0. The summed E-state index contributed by atoms with van der Waals surface area (Å²) in [6, 6.07) is 0.291. The van der Waals surface area contributed by atoms with E-state index in [-0.39, 0.29) is 0 Å². The standard InChI is InChI=1S/C15H25N/c1-7-14(16)8-15-12(5)10(3)9(2)11(4)13(15)6/h14H,7-8,16H2,1-6H3. The summed E-state index contributed by atoms with van der Waals surface area (Å²) in [5.74, 6) is 0. The molecule has 0 saturated heterocycles. The minimum atomic E-state index is 0.291. The molecule has 1 nitrogen and oxygen atoms in total. The van der Waals surface area contributed by atoms with Crippen molar-refractivity contribution in [2.75, 3.05) is 0 Å². The fourth-order valence-electron chi connectivity index (χ4n) is 2.29. The molecule has 1 atom stereocenters. The predicted octanol–water partition coefficient (Wildman–Crippen LogP) is 3.51. The van der Waals surface area contributed by atoms with Gasteiger partial charge in [0, 0.05) is 6.04 Å². The minimum absolute atomic E-state index is 0.291. The summed E-state index contributed by atoms with van der Waals surface area (Å²) in [7, 11) is 0. The largest absolute Gasteiger partial charge is 0.327 e. The monoisotopic (exact) mass is 219 g/mol. The van der Waals surface area contributed by atoms with Crippen LogP contribution in [0.3, 0.4) is 0 Å². The van der Waals surface area contributed by atoms with E-state index in [1.54, 1.807) is 0 Å². The van der Waals surface area contributed by atoms with E-state index in [2.05, 4.69) is 41.5 Å². The first-order chi connectivity index (χ1) is 7.40. The lowest BCUT2D eigenvalue weighted by molar-refractivity contribution is 0.641. The maximum atomic E-state index is 6.08. The molecule has 1 aromatic carbocycles. The van der Waals surface area contributed by atoms with Crippen LogP contribution >= 0.6 is 0 Å². The Hall–Kier alpha value is -0.820. The van der Waals surface area contributed by atoms with Crippen LogP contribution in [0, 0.1) is 34.6 Å². The average molecular weight is 219 g/mol. The molecule has 1 rings (SSSR count). The zero-order valence-electron chi connectivity index (χ0n) is 11.6. The van der Waals surface area contributed by atoms with E-state index in [4.69, 9.17) is 5.73 Å². The summed E-state index contributed by atoms with van der Waals surface area (Å²) in [6.45, 7) is 13.3. The van der Waals surface area contributed by atoms with Gasteiger partial charge < -0.3 is 5.73 Å². The zero-order valence-corrected chi connectivity index (χ0v) is 11.6. The Labute approximate surface area is 100 Å². The van der Waals surface area contributed by atoms with E-state index < -0.39 is 0 Å². The highest BCUT2D eigenvalue weighted by Crippen LogP contribution is 2.26. The SMILES string of the molecule is CCC(N)Cc1c(C)c(C)c(C)c(C)c1C. The molecule has 0 fully saturated rings. The Morgan fingerprint density at radius 2 is 1.19 bits per heavy atom. The molecule has 0 amide bonds. The minimum Gasteiger partial charge on any atom is -0.327 e. The first-order valence-corrected chi connectivity index (χ1v) is 6.21. The first-order valence-electron chi connectivity index (χ1n) is 6.21. The number of rotatable bonds is 3. The van der Waals surface area contributed by atoms with Crippen LogP contribution in [0.1, 0.15) is 46.7 Å². The summed E-state index contributed by atoms with van der Waals surface area (Å²) >= 11 is 0. The second-order valence-corrected chi connectivity index (χ2v) is 4.98. The molecule has 0 radical (unpaired) electrons. The van der Waals surface area contributed by atoms with Gasteiger partial charge in [-0.25, -0.2) is 0 Å². The van der Waals surface area contributed by atoms with Crippen LogP contribution in [-0.4, -0.2) is 6.04 Å². The van der Waals surface area contributed by atoms with Gasteiger partial charge in [-0.1, -0.05) is 6.92 Å². The molecule has 2 N–H and O–H groups in total. The van der Waals surface area contributed by atoms with E-state index in [0.29, 0.717) is 6.04 Å². The van der Waals surface area contributed by atoms with E-state index in [1.807, 2.05) is 0 Å². The van der Waals surface area contributed by atoms with Gasteiger partial charge in [0.25, 0.3) is 0 Å². The van der Waals surface area contributed by atoms with Crippen LogP contribution in [0.5, 0.6) is 0 Å². The summed E-state index contributed by atoms with van der Waals surface area (Å²) < 4.78 is 0. The van der Waals surface area contributed by atoms with Crippen molar-refractivity contribution in [2.45, 2.75) is 60.4 Å². The molecule has 0 heterocycles. The lowest BCUT2D eigenvalue weighted by Crippen LogP contribution is -2.23. The third kappa shape index (κ3) is 2.30. The van der Waals surface area contributed by atoms with Gasteiger partial charge in [0.2, 0.25) is 0 Å². The van der Waals surface area contributed by atoms with Crippen molar-refractivity contribution in [3.05, 3.63) is 33.4 Å². The number of nitrogens with two attached hydrogens (primary N) is 1. The maximum Gasteiger partial charge on any atom is 0.00769 e. The van der Waals surface area contributed by atoms with E-state index >= 15 is 0 Å². The van der Waals surface area contributed by atoms with Gasteiger partial charge in [-0.3, -0.25) is 0 Å². The van der Waals surface area contributed by atoms with Crippen LogP contribution < -0.4 is 5.73 Å². The highest BCUT2D eigenvalue weighted by Gasteiger charge is 2.13. The Balaban J connectivity index is 3.28. The topological polar surface area (TPSA) is 26.0 Å².